The van der Waals surface area contributed by atoms with Crippen LogP contribution < -0.4 is 5.32 Å². The van der Waals surface area contributed by atoms with Gasteiger partial charge in [0.15, 0.2) is 0 Å². The fraction of sp³-hybridized carbons (Fsp3) is 0.421. The molecule has 9 nitrogen and oxygen atoms in total. The van der Waals surface area contributed by atoms with Crippen LogP contribution in [0, 0.1) is 16.0 Å². The topological polar surface area (TPSA) is 119 Å². The average Bonchev–Trinajstić information content (AvgIpc) is 2.66. The van der Waals surface area contributed by atoms with E-state index in [1.807, 2.05) is 13.8 Å². The standard InChI is InChI=1S/C19H23N3O6/c1-13(2)12-28-18(24)11-16-19(25)20-8-9-21(16)17(23)7-6-14-4-3-5-15(10-14)22(26)27/h3-7,10,13,16H,8-9,11-12H2,1-2H3,(H,20,25)/b7-6+. The van der Waals surface area contributed by atoms with Gasteiger partial charge in [0.2, 0.25) is 11.8 Å². The van der Waals surface area contributed by atoms with E-state index < -0.39 is 28.7 Å². The summed E-state index contributed by atoms with van der Waals surface area (Å²) in [5, 5.41) is 13.5. The number of nitro benzene ring substituents is 1. The Labute approximate surface area is 162 Å². The quantitative estimate of drug-likeness (QED) is 0.327. The number of hydrogen-bond donors (Lipinski definition) is 1. The first-order valence-corrected chi connectivity index (χ1v) is 8.94. The third kappa shape index (κ3) is 5.90. The maximum Gasteiger partial charge on any atom is 0.308 e. The summed E-state index contributed by atoms with van der Waals surface area (Å²) in [7, 11) is 0. The van der Waals surface area contributed by atoms with Crippen LogP contribution in [-0.2, 0) is 19.1 Å². The van der Waals surface area contributed by atoms with Crippen molar-refractivity contribution in [2.75, 3.05) is 19.7 Å². The molecule has 1 heterocycles. The molecule has 1 saturated heterocycles. The van der Waals surface area contributed by atoms with Gasteiger partial charge in [-0.25, -0.2) is 0 Å². The number of nitrogens with one attached hydrogen (secondary N) is 1. The summed E-state index contributed by atoms with van der Waals surface area (Å²) in [4.78, 5) is 48.3. The molecule has 2 amide bonds. The first-order valence-electron chi connectivity index (χ1n) is 8.94. The molecule has 0 aliphatic carbocycles. The Hall–Kier alpha value is -3.23. The van der Waals surface area contributed by atoms with Gasteiger partial charge in [-0.15, -0.1) is 0 Å². The van der Waals surface area contributed by atoms with Crippen molar-refractivity contribution in [1.82, 2.24) is 10.2 Å². The highest BCUT2D eigenvalue weighted by Crippen LogP contribution is 2.16. The SMILES string of the molecule is CC(C)COC(=O)CC1C(=O)NCCN1C(=O)/C=C/c1cccc([N+](=O)[O-])c1. The summed E-state index contributed by atoms with van der Waals surface area (Å²) < 4.78 is 5.11. The molecule has 1 aliphatic rings. The molecule has 2 rings (SSSR count). The molecule has 0 aromatic heterocycles. The molecular weight excluding hydrogens is 366 g/mol. The van der Waals surface area contributed by atoms with Gasteiger partial charge in [-0.1, -0.05) is 26.0 Å². The number of nitrogens with zero attached hydrogens (tertiary/aromatic N) is 2. The van der Waals surface area contributed by atoms with Crippen molar-refractivity contribution < 1.29 is 24.0 Å². The average molecular weight is 389 g/mol. The van der Waals surface area contributed by atoms with Crippen LogP contribution in [0.25, 0.3) is 6.08 Å². The molecule has 1 aliphatic heterocycles. The molecule has 1 N–H and O–H groups in total. The molecule has 0 saturated carbocycles. The fourth-order valence-corrected chi connectivity index (χ4v) is 2.66. The van der Waals surface area contributed by atoms with Gasteiger partial charge in [-0.05, 0) is 17.6 Å². The summed E-state index contributed by atoms with van der Waals surface area (Å²) in [6, 6.07) is 4.89. The van der Waals surface area contributed by atoms with Crippen LogP contribution in [0.1, 0.15) is 25.8 Å². The predicted molar refractivity (Wildman–Crippen MR) is 101 cm³/mol. The van der Waals surface area contributed by atoms with Crippen molar-refractivity contribution in [2.24, 2.45) is 5.92 Å². The van der Waals surface area contributed by atoms with E-state index in [1.165, 1.54) is 35.3 Å². The van der Waals surface area contributed by atoms with E-state index in [0.29, 0.717) is 5.56 Å². The van der Waals surface area contributed by atoms with Crippen molar-refractivity contribution in [2.45, 2.75) is 26.3 Å². The number of piperazine rings is 1. The van der Waals surface area contributed by atoms with Gasteiger partial charge in [0.05, 0.1) is 18.0 Å². The molecule has 1 fully saturated rings. The predicted octanol–water partition coefficient (Wildman–Crippen LogP) is 1.52. The first kappa shape index (κ1) is 21.1. The van der Waals surface area contributed by atoms with E-state index in [0.717, 1.165) is 0 Å². The summed E-state index contributed by atoms with van der Waals surface area (Å²) in [6.07, 6.45) is 2.45. The maximum atomic E-state index is 12.6. The molecular formula is C19H23N3O6. The lowest BCUT2D eigenvalue weighted by Gasteiger charge is -2.33. The van der Waals surface area contributed by atoms with Crippen molar-refractivity contribution in [3.8, 4) is 0 Å². The van der Waals surface area contributed by atoms with Gasteiger partial charge in [-0.2, -0.15) is 0 Å². The van der Waals surface area contributed by atoms with Gasteiger partial charge in [0, 0.05) is 31.3 Å². The lowest BCUT2D eigenvalue weighted by Crippen LogP contribution is -2.57. The summed E-state index contributed by atoms with van der Waals surface area (Å²) in [5.41, 5.74) is 0.398. The van der Waals surface area contributed by atoms with E-state index in [2.05, 4.69) is 5.32 Å². The highest BCUT2D eigenvalue weighted by molar-refractivity contribution is 5.97. The minimum atomic E-state index is -0.948. The number of esters is 1. The third-order valence-electron chi connectivity index (χ3n) is 4.05. The normalized spacial score (nSPS) is 16.9. The van der Waals surface area contributed by atoms with Crippen LogP contribution in [0.15, 0.2) is 30.3 Å². The zero-order valence-electron chi connectivity index (χ0n) is 15.8. The number of hydrogen-bond acceptors (Lipinski definition) is 6. The van der Waals surface area contributed by atoms with Crippen LogP contribution >= 0.6 is 0 Å². The maximum absolute atomic E-state index is 12.6. The second-order valence-corrected chi connectivity index (χ2v) is 6.80. The second-order valence-electron chi connectivity index (χ2n) is 6.80. The Morgan fingerprint density at radius 2 is 2.18 bits per heavy atom. The van der Waals surface area contributed by atoms with E-state index in [4.69, 9.17) is 4.74 Å². The van der Waals surface area contributed by atoms with Crippen molar-refractivity contribution in [1.29, 1.82) is 0 Å². The second kappa shape index (κ2) is 9.63. The lowest BCUT2D eigenvalue weighted by atomic mass is 10.1. The van der Waals surface area contributed by atoms with Crippen molar-refractivity contribution in [3.05, 3.63) is 46.0 Å². The van der Waals surface area contributed by atoms with Gasteiger partial charge in [0.25, 0.3) is 5.69 Å². The lowest BCUT2D eigenvalue weighted by molar-refractivity contribution is -0.384. The molecule has 1 aromatic carbocycles. The summed E-state index contributed by atoms with van der Waals surface area (Å²) in [5.74, 6) is -1.25. The summed E-state index contributed by atoms with van der Waals surface area (Å²) >= 11 is 0. The number of nitro groups is 1. The Kier molecular flexibility index (Phi) is 7.25. The van der Waals surface area contributed by atoms with Crippen molar-refractivity contribution >= 4 is 29.5 Å². The highest BCUT2D eigenvalue weighted by Gasteiger charge is 2.34. The van der Waals surface area contributed by atoms with E-state index in [-0.39, 0.29) is 37.7 Å². The third-order valence-corrected chi connectivity index (χ3v) is 4.05. The van der Waals surface area contributed by atoms with Crippen LogP contribution in [0.2, 0.25) is 0 Å². The number of carbonyl (C=O) groups is 3. The van der Waals surface area contributed by atoms with Gasteiger partial charge >= 0.3 is 5.97 Å². The summed E-state index contributed by atoms with van der Waals surface area (Å²) in [6.45, 7) is 4.58. The highest BCUT2D eigenvalue weighted by atomic mass is 16.6. The molecule has 1 atom stereocenters. The molecule has 0 spiro atoms. The smallest absolute Gasteiger partial charge is 0.308 e. The fourth-order valence-electron chi connectivity index (χ4n) is 2.66. The molecule has 0 radical (unpaired) electrons. The van der Waals surface area contributed by atoms with Crippen LogP contribution in [0.5, 0.6) is 0 Å². The van der Waals surface area contributed by atoms with E-state index >= 15 is 0 Å². The minimum absolute atomic E-state index is 0.0854. The molecule has 1 aromatic rings. The number of carbonyl (C=O) groups excluding carboxylic acids is 3. The van der Waals surface area contributed by atoms with Gasteiger partial charge < -0.3 is 15.0 Å². The minimum Gasteiger partial charge on any atom is -0.465 e. The Balaban J connectivity index is 2.08. The first-order chi connectivity index (χ1) is 13.3. The largest absolute Gasteiger partial charge is 0.465 e. The molecule has 0 bridgehead atoms. The zero-order valence-corrected chi connectivity index (χ0v) is 15.8. The van der Waals surface area contributed by atoms with E-state index in [1.54, 1.807) is 6.07 Å². The number of ether oxygens (including phenoxy) is 1. The van der Waals surface area contributed by atoms with Crippen LogP contribution in [0.3, 0.4) is 0 Å². The molecule has 28 heavy (non-hydrogen) atoms. The van der Waals surface area contributed by atoms with Gasteiger partial charge in [-0.3, -0.25) is 24.5 Å². The zero-order chi connectivity index (χ0) is 20.7. The molecule has 1 unspecified atom stereocenters. The monoisotopic (exact) mass is 389 g/mol. The van der Waals surface area contributed by atoms with Gasteiger partial charge in [0.1, 0.15) is 6.04 Å². The Morgan fingerprint density at radius 1 is 1.43 bits per heavy atom. The molecule has 9 heteroatoms. The Morgan fingerprint density at radius 3 is 2.86 bits per heavy atom. The number of rotatable bonds is 7. The number of benzene rings is 1. The molecule has 150 valence electrons. The van der Waals surface area contributed by atoms with E-state index in [9.17, 15) is 24.5 Å². The van der Waals surface area contributed by atoms with Crippen LogP contribution in [-0.4, -0.2) is 53.3 Å². The number of non-ortho nitro benzene ring substituents is 1. The number of amides is 2. The Bertz CT molecular complexity index is 790. The van der Waals surface area contributed by atoms with Crippen molar-refractivity contribution in [3.63, 3.8) is 0 Å². The van der Waals surface area contributed by atoms with Crippen LogP contribution in [0.4, 0.5) is 5.69 Å².